The van der Waals surface area contributed by atoms with Crippen molar-refractivity contribution in [2.45, 2.75) is 13.8 Å². The minimum absolute atomic E-state index is 1.04. The molecule has 0 saturated carbocycles. The second-order valence-corrected chi connectivity index (χ2v) is 2.04. The zero-order valence-corrected chi connectivity index (χ0v) is 5.57. The summed E-state index contributed by atoms with van der Waals surface area (Å²) in [5.41, 5.74) is 0. The molecule has 0 aromatic carbocycles. The van der Waals surface area contributed by atoms with Crippen molar-refractivity contribution in [1.82, 2.24) is 0 Å². The second kappa shape index (κ2) is 4.00. The highest BCUT2D eigenvalue weighted by atomic mass is 32.1. The molecule has 0 aromatic heterocycles. The van der Waals surface area contributed by atoms with Crippen LogP contribution in [0.3, 0.4) is 0 Å². The van der Waals surface area contributed by atoms with Crippen LogP contribution in [-0.2, 0) is 0 Å². The molecule has 0 aliphatic heterocycles. The first kappa shape index (κ1) is 6.83. The normalized spacial score (nSPS) is 13.3. The summed E-state index contributed by atoms with van der Waals surface area (Å²) in [6, 6.07) is 0. The molecule has 0 saturated heterocycles. The smallest absolute Gasteiger partial charge is 0.0215 e. The number of rotatable bonds is 1. The van der Waals surface area contributed by atoms with Crippen molar-refractivity contribution >= 4 is 12.6 Å². The molecule has 0 rings (SSSR count). The highest BCUT2D eigenvalue weighted by molar-refractivity contribution is 7.84. The van der Waals surface area contributed by atoms with Gasteiger partial charge in [0.1, 0.15) is 0 Å². The van der Waals surface area contributed by atoms with Crippen molar-refractivity contribution < 1.29 is 0 Å². The Hall–Kier alpha value is -0.170. The van der Waals surface area contributed by atoms with Gasteiger partial charge in [-0.05, 0) is 18.8 Å². The van der Waals surface area contributed by atoms with Gasteiger partial charge in [0.25, 0.3) is 0 Å². The van der Waals surface area contributed by atoms with Crippen molar-refractivity contribution in [3.8, 4) is 0 Å². The van der Waals surface area contributed by atoms with Gasteiger partial charge in [-0.25, -0.2) is 0 Å². The maximum atomic E-state index is 4.04. The topological polar surface area (TPSA) is 0 Å². The lowest BCUT2D eigenvalue weighted by atomic mass is 10.5. The quantitative estimate of drug-likeness (QED) is 0.393. The van der Waals surface area contributed by atoms with Crippen molar-refractivity contribution in [2.75, 3.05) is 0 Å². The van der Waals surface area contributed by atoms with Crippen LogP contribution in [0, 0.1) is 0 Å². The van der Waals surface area contributed by atoms with Crippen LogP contribution in [-0.4, -0.2) is 0 Å². The highest BCUT2D eigenvalue weighted by Gasteiger charge is 1.66. The predicted octanol–water partition coefficient (Wildman–Crippen LogP) is 2.40. The molecule has 7 heavy (non-hydrogen) atoms. The summed E-state index contributed by atoms with van der Waals surface area (Å²) >= 11 is 4.04. The maximum absolute atomic E-state index is 4.04. The molecule has 0 heterocycles. The molecular formula is C6H10S. The van der Waals surface area contributed by atoms with Gasteiger partial charge in [-0.3, -0.25) is 0 Å². The summed E-state index contributed by atoms with van der Waals surface area (Å²) in [6.07, 6.45) is 5.88. The standard InChI is InChI=1S/C6H10S/c1-3-4-5-6(2)7/h3-5,7H,1-2H3/b4-3+,6-5-. The van der Waals surface area contributed by atoms with Gasteiger partial charge in [-0.2, -0.15) is 0 Å². The second-order valence-electron chi connectivity index (χ2n) is 1.33. The Kier molecular flexibility index (Phi) is 3.90. The van der Waals surface area contributed by atoms with Crippen LogP contribution in [0.1, 0.15) is 13.8 Å². The van der Waals surface area contributed by atoms with E-state index in [9.17, 15) is 0 Å². The van der Waals surface area contributed by atoms with E-state index in [1.165, 1.54) is 0 Å². The molecular weight excluding hydrogens is 104 g/mol. The van der Waals surface area contributed by atoms with Crippen LogP contribution in [0.2, 0.25) is 0 Å². The molecule has 0 spiro atoms. The third-order valence-electron chi connectivity index (χ3n) is 0.530. The lowest BCUT2D eigenvalue weighted by Crippen LogP contribution is -1.51. The van der Waals surface area contributed by atoms with E-state index in [-0.39, 0.29) is 0 Å². The van der Waals surface area contributed by atoms with Crippen LogP contribution < -0.4 is 0 Å². The summed E-state index contributed by atoms with van der Waals surface area (Å²) in [4.78, 5) is 1.04. The van der Waals surface area contributed by atoms with E-state index in [2.05, 4.69) is 12.6 Å². The third-order valence-corrected chi connectivity index (χ3v) is 0.679. The van der Waals surface area contributed by atoms with E-state index in [0.29, 0.717) is 0 Å². The van der Waals surface area contributed by atoms with Crippen LogP contribution in [0.5, 0.6) is 0 Å². The molecule has 0 aliphatic rings. The molecule has 0 atom stereocenters. The molecule has 0 unspecified atom stereocenters. The third kappa shape index (κ3) is 5.83. The van der Waals surface area contributed by atoms with Crippen molar-refractivity contribution in [2.24, 2.45) is 0 Å². The number of allylic oxidation sites excluding steroid dienone is 4. The fourth-order valence-electron chi connectivity index (χ4n) is 0.235. The molecule has 0 bridgehead atoms. The molecule has 40 valence electrons. The largest absolute Gasteiger partial charge is 0.148 e. The highest BCUT2D eigenvalue weighted by Crippen LogP contribution is 1.95. The molecule has 0 aliphatic carbocycles. The number of hydrogen-bond donors (Lipinski definition) is 1. The molecule has 0 fully saturated rings. The van der Waals surface area contributed by atoms with E-state index in [1.807, 2.05) is 32.1 Å². The zero-order chi connectivity index (χ0) is 5.70. The molecule has 0 radical (unpaired) electrons. The van der Waals surface area contributed by atoms with Crippen LogP contribution >= 0.6 is 12.6 Å². The Morgan fingerprint density at radius 1 is 1.57 bits per heavy atom. The monoisotopic (exact) mass is 114 g/mol. The first-order valence-corrected chi connectivity index (χ1v) is 2.70. The SMILES string of the molecule is C/C=C/C=C(/C)S. The minimum Gasteiger partial charge on any atom is -0.148 e. The van der Waals surface area contributed by atoms with E-state index in [4.69, 9.17) is 0 Å². The number of hydrogen-bond acceptors (Lipinski definition) is 1. The molecule has 0 nitrogen and oxygen atoms in total. The summed E-state index contributed by atoms with van der Waals surface area (Å²) in [5, 5.41) is 0. The Labute approximate surface area is 50.3 Å². The van der Waals surface area contributed by atoms with Gasteiger partial charge in [0, 0.05) is 0 Å². The van der Waals surface area contributed by atoms with Gasteiger partial charge in [-0.15, -0.1) is 12.6 Å². The summed E-state index contributed by atoms with van der Waals surface area (Å²) in [5.74, 6) is 0. The molecule has 0 aromatic rings. The zero-order valence-electron chi connectivity index (χ0n) is 4.68. The van der Waals surface area contributed by atoms with Gasteiger partial charge in [-0.1, -0.05) is 18.2 Å². The number of thiol groups is 1. The van der Waals surface area contributed by atoms with E-state index < -0.39 is 0 Å². The lowest BCUT2D eigenvalue weighted by molar-refractivity contribution is 1.65. The van der Waals surface area contributed by atoms with E-state index in [1.54, 1.807) is 0 Å². The Morgan fingerprint density at radius 2 is 2.14 bits per heavy atom. The summed E-state index contributed by atoms with van der Waals surface area (Å²) in [7, 11) is 0. The molecule has 1 heteroatoms. The molecule has 0 N–H and O–H groups in total. The van der Waals surface area contributed by atoms with Gasteiger partial charge in [0.2, 0.25) is 0 Å². The Bertz CT molecular complexity index is 86.4. The summed E-state index contributed by atoms with van der Waals surface area (Å²) in [6.45, 7) is 3.93. The van der Waals surface area contributed by atoms with Gasteiger partial charge < -0.3 is 0 Å². The average Bonchev–Trinajstić information content (AvgIpc) is 1.61. The lowest BCUT2D eigenvalue weighted by Gasteiger charge is -1.77. The fraction of sp³-hybridized carbons (Fsp3) is 0.333. The van der Waals surface area contributed by atoms with E-state index >= 15 is 0 Å². The van der Waals surface area contributed by atoms with Crippen molar-refractivity contribution in [3.63, 3.8) is 0 Å². The summed E-state index contributed by atoms with van der Waals surface area (Å²) < 4.78 is 0. The first-order chi connectivity index (χ1) is 3.27. The first-order valence-electron chi connectivity index (χ1n) is 2.26. The van der Waals surface area contributed by atoms with E-state index in [0.717, 1.165) is 4.91 Å². The van der Waals surface area contributed by atoms with Gasteiger partial charge >= 0.3 is 0 Å². The van der Waals surface area contributed by atoms with Gasteiger partial charge in [0.15, 0.2) is 0 Å². The Balaban J connectivity index is 3.46. The Morgan fingerprint density at radius 3 is 2.29 bits per heavy atom. The van der Waals surface area contributed by atoms with Crippen molar-refractivity contribution in [3.05, 3.63) is 23.1 Å². The average molecular weight is 114 g/mol. The van der Waals surface area contributed by atoms with Crippen LogP contribution in [0.25, 0.3) is 0 Å². The van der Waals surface area contributed by atoms with Gasteiger partial charge in [0.05, 0.1) is 0 Å². The van der Waals surface area contributed by atoms with Crippen molar-refractivity contribution in [1.29, 1.82) is 0 Å². The van der Waals surface area contributed by atoms with Crippen LogP contribution in [0.4, 0.5) is 0 Å². The predicted molar refractivity (Wildman–Crippen MR) is 37.6 cm³/mol. The minimum atomic E-state index is 1.04. The van der Waals surface area contributed by atoms with Crippen LogP contribution in [0.15, 0.2) is 23.1 Å². The molecule has 0 amide bonds. The fourth-order valence-corrected chi connectivity index (χ4v) is 0.322. The maximum Gasteiger partial charge on any atom is -0.0215 e.